The van der Waals surface area contributed by atoms with Crippen molar-refractivity contribution in [2.45, 2.75) is 19.5 Å². The highest BCUT2D eigenvalue weighted by Crippen LogP contribution is 2.28. The number of nitrogens with zero attached hydrogens (tertiary/aromatic N) is 4. The van der Waals surface area contributed by atoms with Gasteiger partial charge in [0.15, 0.2) is 5.78 Å². The van der Waals surface area contributed by atoms with E-state index in [2.05, 4.69) is 10.4 Å². The molecule has 0 unspecified atom stereocenters. The second-order valence-corrected chi connectivity index (χ2v) is 8.87. The predicted octanol–water partition coefficient (Wildman–Crippen LogP) is 4.30. The molecular formula is C29H23N5O4. The van der Waals surface area contributed by atoms with Crippen molar-refractivity contribution in [1.82, 2.24) is 9.78 Å². The van der Waals surface area contributed by atoms with E-state index in [9.17, 15) is 14.4 Å². The van der Waals surface area contributed by atoms with E-state index in [0.29, 0.717) is 40.4 Å². The Labute approximate surface area is 218 Å². The van der Waals surface area contributed by atoms with E-state index in [0.717, 1.165) is 0 Å². The molecular weight excluding hydrogens is 482 g/mol. The van der Waals surface area contributed by atoms with Crippen LogP contribution in [-0.2, 0) is 6.54 Å². The summed E-state index contributed by atoms with van der Waals surface area (Å²) in [5.41, 5.74) is 2.74. The molecule has 9 heteroatoms. The Morgan fingerprint density at radius 3 is 2.55 bits per heavy atom. The highest BCUT2D eigenvalue weighted by molar-refractivity contribution is 6.16. The molecule has 0 fully saturated rings. The summed E-state index contributed by atoms with van der Waals surface area (Å²) in [6, 6.07) is 22.0. The van der Waals surface area contributed by atoms with Gasteiger partial charge in [0, 0.05) is 22.5 Å². The molecule has 1 aromatic heterocycles. The zero-order valence-electron chi connectivity index (χ0n) is 20.7. The van der Waals surface area contributed by atoms with Crippen LogP contribution in [0.2, 0.25) is 0 Å². The van der Waals surface area contributed by atoms with Gasteiger partial charge < -0.3 is 15.0 Å². The number of nitrogens with one attached hydrogen (secondary N) is 1. The first-order chi connectivity index (χ1) is 18.4. The highest BCUT2D eigenvalue weighted by Gasteiger charge is 2.36. The lowest BCUT2D eigenvalue weighted by Gasteiger charge is -2.34. The molecule has 0 saturated heterocycles. The summed E-state index contributed by atoms with van der Waals surface area (Å²) < 4.78 is 6.74. The van der Waals surface area contributed by atoms with E-state index in [1.807, 2.05) is 13.0 Å². The van der Waals surface area contributed by atoms with Crippen LogP contribution in [0.25, 0.3) is 0 Å². The maximum Gasteiger partial charge on any atom is 0.277 e. The van der Waals surface area contributed by atoms with E-state index in [1.165, 1.54) is 10.9 Å². The van der Waals surface area contributed by atoms with Crippen molar-refractivity contribution in [2.75, 3.05) is 17.3 Å². The van der Waals surface area contributed by atoms with Gasteiger partial charge in [0.1, 0.15) is 11.4 Å². The van der Waals surface area contributed by atoms with Crippen LogP contribution in [0.3, 0.4) is 0 Å². The van der Waals surface area contributed by atoms with Crippen LogP contribution in [0.1, 0.15) is 49.3 Å². The molecule has 0 saturated carbocycles. The van der Waals surface area contributed by atoms with Crippen molar-refractivity contribution in [2.24, 2.45) is 0 Å². The van der Waals surface area contributed by atoms with Crippen molar-refractivity contribution in [3.8, 4) is 11.8 Å². The first-order valence-electron chi connectivity index (χ1n) is 11.9. The van der Waals surface area contributed by atoms with Gasteiger partial charge in [-0.2, -0.15) is 10.4 Å². The van der Waals surface area contributed by atoms with Gasteiger partial charge in [-0.05, 0) is 61.5 Å². The van der Waals surface area contributed by atoms with Gasteiger partial charge in [-0.1, -0.05) is 18.2 Å². The number of hydrogen-bond acceptors (Lipinski definition) is 6. The lowest BCUT2D eigenvalue weighted by atomic mass is 10.0. The predicted molar refractivity (Wildman–Crippen MR) is 140 cm³/mol. The third-order valence-electron chi connectivity index (χ3n) is 6.37. The number of methoxy groups -OCH3 is 1. The summed E-state index contributed by atoms with van der Waals surface area (Å²) in [6.45, 7) is 2.29. The number of ether oxygens (including phenoxy) is 1. The van der Waals surface area contributed by atoms with Gasteiger partial charge in [-0.15, -0.1) is 0 Å². The average molecular weight is 506 g/mol. The number of hydrogen-bond donors (Lipinski definition) is 1. The van der Waals surface area contributed by atoms with Gasteiger partial charge in [0.2, 0.25) is 0 Å². The molecule has 2 amide bonds. The van der Waals surface area contributed by atoms with Crippen LogP contribution in [-0.4, -0.2) is 40.5 Å². The number of fused-ring (bicyclic) bond motifs is 1. The number of rotatable bonds is 6. The number of amides is 2. The normalized spacial score (nSPS) is 14.4. The molecule has 3 aromatic carbocycles. The second-order valence-electron chi connectivity index (χ2n) is 8.87. The highest BCUT2D eigenvalue weighted by atomic mass is 16.5. The van der Waals surface area contributed by atoms with Crippen molar-refractivity contribution >= 4 is 29.0 Å². The number of anilines is 2. The summed E-state index contributed by atoms with van der Waals surface area (Å²) in [5, 5.41) is 16.1. The van der Waals surface area contributed by atoms with Gasteiger partial charge in [-0.3, -0.25) is 19.1 Å². The van der Waals surface area contributed by atoms with E-state index < -0.39 is 5.91 Å². The molecule has 9 nitrogen and oxygen atoms in total. The minimum absolute atomic E-state index is 0.138. The molecule has 0 aliphatic carbocycles. The molecule has 0 spiro atoms. The Kier molecular flexibility index (Phi) is 6.46. The van der Waals surface area contributed by atoms with Crippen LogP contribution in [0, 0.1) is 11.3 Å². The van der Waals surface area contributed by atoms with Crippen molar-refractivity contribution in [3.05, 3.63) is 107 Å². The third kappa shape index (κ3) is 4.51. The number of carbonyl (C=O) groups is 3. The summed E-state index contributed by atoms with van der Waals surface area (Å²) in [5.74, 6) is -0.437. The Bertz CT molecular complexity index is 1600. The fourth-order valence-corrected chi connectivity index (χ4v) is 4.50. The maximum absolute atomic E-state index is 13.6. The minimum atomic E-state index is -0.497. The van der Waals surface area contributed by atoms with E-state index in [1.54, 1.807) is 84.8 Å². The van der Waals surface area contributed by atoms with E-state index >= 15 is 0 Å². The fraction of sp³-hybridized carbons (Fsp3) is 0.138. The zero-order valence-corrected chi connectivity index (χ0v) is 20.7. The van der Waals surface area contributed by atoms with Crippen molar-refractivity contribution in [3.63, 3.8) is 0 Å². The van der Waals surface area contributed by atoms with E-state index in [-0.39, 0.29) is 29.0 Å². The number of nitriles is 1. The van der Waals surface area contributed by atoms with Crippen LogP contribution in [0.4, 0.5) is 11.4 Å². The van der Waals surface area contributed by atoms with Crippen LogP contribution in [0.15, 0.2) is 79.0 Å². The topological polar surface area (TPSA) is 117 Å². The summed E-state index contributed by atoms with van der Waals surface area (Å²) >= 11 is 0. The lowest BCUT2D eigenvalue weighted by Crippen LogP contribution is -2.47. The minimum Gasteiger partial charge on any atom is -0.497 e. The molecule has 188 valence electrons. The van der Waals surface area contributed by atoms with Crippen LogP contribution >= 0.6 is 0 Å². The molecule has 5 rings (SSSR count). The monoisotopic (exact) mass is 505 g/mol. The second kappa shape index (κ2) is 10.0. The average Bonchev–Trinajstić information content (AvgIpc) is 3.37. The van der Waals surface area contributed by atoms with Crippen LogP contribution in [0.5, 0.6) is 5.75 Å². The first-order valence-corrected chi connectivity index (χ1v) is 11.9. The standard InChI is InChI=1S/C29H23N5O4/c1-18-17-33-26(25(16-31-33)28(36)32-22-7-3-5-19(13-22)15-30)29(37)34(18)23-11-9-20(10-12-23)27(35)21-6-4-8-24(14-21)38-2/h3-14,16,18H,17H2,1-2H3,(H,32,36)/t18-/m0/s1. The summed E-state index contributed by atoms with van der Waals surface area (Å²) in [4.78, 5) is 41.3. The Morgan fingerprint density at radius 1 is 1.05 bits per heavy atom. The third-order valence-corrected chi connectivity index (χ3v) is 6.37. The molecule has 4 aromatic rings. The zero-order chi connectivity index (χ0) is 26.8. The molecule has 1 aliphatic rings. The summed E-state index contributed by atoms with van der Waals surface area (Å²) in [7, 11) is 1.54. The molecule has 0 radical (unpaired) electrons. The Hall–Kier alpha value is -5.23. The lowest BCUT2D eigenvalue weighted by molar-refractivity contribution is 0.0933. The molecule has 2 heterocycles. The van der Waals surface area contributed by atoms with Crippen molar-refractivity contribution in [1.29, 1.82) is 5.26 Å². The number of carbonyl (C=O) groups excluding carboxylic acids is 3. The van der Waals surface area contributed by atoms with Gasteiger partial charge in [-0.25, -0.2) is 0 Å². The van der Waals surface area contributed by atoms with Gasteiger partial charge in [0.25, 0.3) is 11.8 Å². The Morgan fingerprint density at radius 2 is 1.82 bits per heavy atom. The first kappa shape index (κ1) is 24.5. The molecule has 1 aliphatic heterocycles. The maximum atomic E-state index is 13.6. The van der Waals surface area contributed by atoms with Gasteiger partial charge in [0.05, 0.1) is 43.1 Å². The van der Waals surface area contributed by atoms with Crippen LogP contribution < -0.4 is 15.0 Å². The Balaban J connectivity index is 1.39. The largest absolute Gasteiger partial charge is 0.497 e. The van der Waals surface area contributed by atoms with Crippen molar-refractivity contribution < 1.29 is 19.1 Å². The molecule has 0 bridgehead atoms. The molecule has 1 N–H and O–H groups in total. The quantitative estimate of drug-likeness (QED) is 0.391. The van der Waals surface area contributed by atoms with Gasteiger partial charge >= 0.3 is 0 Å². The smallest absolute Gasteiger partial charge is 0.277 e. The number of benzene rings is 3. The molecule has 38 heavy (non-hydrogen) atoms. The van der Waals surface area contributed by atoms with E-state index in [4.69, 9.17) is 10.00 Å². The summed E-state index contributed by atoms with van der Waals surface area (Å²) in [6.07, 6.45) is 1.38. The fourth-order valence-electron chi connectivity index (χ4n) is 4.50. The number of ketones is 1. The molecule has 1 atom stereocenters. The SMILES string of the molecule is COc1cccc(C(=O)c2ccc(N3C(=O)c4c(C(=O)Nc5cccc(C#N)c5)cnn4C[C@@H]3C)cc2)c1. The number of aromatic nitrogens is 2.